The van der Waals surface area contributed by atoms with Crippen LogP contribution in [-0.2, 0) is 4.79 Å². The van der Waals surface area contributed by atoms with E-state index in [4.69, 9.17) is 0 Å². The minimum absolute atomic E-state index is 0.0865. The zero-order chi connectivity index (χ0) is 10.2. The van der Waals surface area contributed by atoms with Crippen LogP contribution in [0.2, 0.25) is 0 Å². The molecule has 0 bridgehead atoms. The van der Waals surface area contributed by atoms with Crippen LogP contribution in [0.15, 0.2) is 0 Å². The van der Waals surface area contributed by atoms with Crippen molar-refractivity contribution in [2.75, 3.05) is 6.61 Å². The van der Waals surface area contributed by atoms with Gasteiger partial charge in [0.25, 0.3) is 0 Å². The van der Waals surface area contributed by atoms with Gasteiger partial charge < -0.3 is 10.2 Å². The normalized spacial score (nSPS) is 43.4. The number of fused-ring (bicyclic) bond motifs is 1. The number of carbonyl (C=O) groups is 1. The number of Topliss-reactive ketones (excluding diaryl/α,β-unsaturated/α-hetero) is 1. The molecule has 0 heterocycles. The first-order valence-corrected chi connectivity index (χ1v) is 5.54. The Morgan fingerprint density at radius 2 is 2.00 bits per heavy atom. The van der Waals surface area contributed by atoms with Crippen molar-refractivity contribution in [1.82, 2.24) is 0 Å². The molecular weight excluding hydrogens is 180 g/mol. The minimum atomic E-state index is -0.795. The highest BCUT2D eigenvalue weighted by atomic mass is 16.3. The fraction of sp³-hybridized carbons (Fsp3) is 0.909. The van der Waals surface area contributed by atoms with E-state index < -0.39 is 11.5 Å². The summed E-state index contributed by atoms with van der Waals surface area (Å²) in [6.45, 7) is -0.169. The van der Waals surface area contributed by atoms with Crippen LogP contribution < -0.4 is 0 Å². The third-order valence-electron chi connectivity index (χ3n) is 4.09. The molecule has 0 aromatic rings. The zero-order valence-corrected chi connectivity index (χ0v) is 8.41. The van der Waals surface area contributed by atoms with Gasteiger partial charge in [-0.3, -0.25) is 4.79 Å². The van der Waals surface area contributed by atoms with Gasteiger partial charge in [-0.1, -0.05) is 6.42 Å². The highest BCUT2D eigenvalue weighted by Gasteiger charge is 2.53. The molecule has 2 saturated carbocycles. The number of rotatable bonds is 1. The Hall–Kier alpha value is -0.410. The molecule has 0 radical (unpaired) electrons. The maximum absolute atomic E-state index is 11.9. The number of hydrogen-bond donors (Lipinski definition) is 2. The molecule has 0 aliphatic heterocycles. The lowest BCUT2D eigenvalue weighted by Gasteiger charge is -2.47. The van der Waals surface area contributed by atoms with E-state index in [0.717, 1.165) is 25.7 Å². The summed E-state index contributed by atoms with van der Waals surface area (Å²) in [5.41, 5.74) is -0.795. The largest absolute Gasteiger partial charge is 0.395 e. The molecule has 0 unspecified atom stereocenters. The van der Waals surface area contributed by atoms with Crippen molar-refractivity contribution in [3.05, 3.63) is 0 Å². The van der Waals surface area contributed by atoms with Crippen LogP contribution in [0.3, 0.4) is 0 Å². The molecule has 0 aromatic heterocycles. The van der Waals surface area contributed by atoms with Crippen LogP contribution in [-0.4, -0.2) is 28.7 Å². The third kappa shape index (κ3) is 1.22. The molecular formula is C11H18O3. The molecule has 80 valence electrons. The summed E-state index contributed by atoms with van der Waals surface area (Å²) < 4.78 is 0. The van der Waals surface area contributed by atoms with E-state index in [1.54, 1.807) is 0 Å². The maximum atomic E-state index is 11.9. The number of carbonyl (C=O) groups excluding carboxylic acids is 1. The van der Waals surface area contributed by atoms with Crippen LogP contribution in [0.1, 0.15) is 38.5 Å². The fourth-order valence-corrected chi connectivity index (χ4v) is 3.22. The van der Waals surface area contributed by atoms with Gasteiger partial charge in [0.2, 0.25) is 0 Å². The smallest absolute Gasteiger partial charge is 0.144 e. The van der Waals surface area contributed by atoms with Gasteiger partial charge in [-0.05, 0) is 31.6 Å². The standard InChI is InChI=1S/C11H18O3/c12-7-11-8(3-1-5-9(11)13)4-2-6-10(11)14/h8-9,12-13H,1-7H2/t8-,9-,11+/m1/s1. The lowest BCUT2D eigenvalue weighted by Crippen LogP contribution is -2.55. The summed E-state index contributed by atoms with van der Waals surface area (Å²) in [7, 11) is 0. The van der Waals surface area contributed by atoms with Crippen molar-refractivity contribution >= 4 is 5.78 Å². The van der Waals surface area contributed by atoms with Gasteiger partial charge in [0.15, 0.2) is 0 Å². The summed E-state index contributed by atoms with van der Waals surface area (Å²) in [6.07, 6.45) is 4.49. The quantitative estimate of drug-likeness (QED) is 0.657. The lowest BCUT2D eigenvalue weighted by atomic mass is 9.58. The molecule has 0 saturated heterocycles. The summed E-state index contributed by atoms with van der Waals surface area (Å²) in [5.74, 6) is 0.306. The van der Waals surface area contributed by atoms with Gasteiger partial charge in [0, 0.05) is 6.42 Å². The summed E-state index contributed by atoms with van der Waals surface area (Å²) in [6, 6.07) is 0. The highest BCUT2D eigenvalue weighted by Crippen LogP contribution is 2.48. The van der Waals surface area contributed by atoms with E-state index >= 15 is 0 Å². The fourth-order valence-electron chi connectivity index (χ4n) is 3.22. The van der Waals surface area contributed by atoms with E-state index in [-0.39, 0.29) is 18.3 Å². The van der Waals surface area contributed by atoms with E-state index in [2.05, 4.69) is 0 Å². The average Bonchev–Trinajstić information content (AvgIpc) is 2.19. The van der Waals surface area contributed by atoms with Crippen molar-refractivity contribution < 1.29 is 15.0 Å². The molecule has 3 atom stereocenters. The van der Waals surface area contributed by atoms with Gasteiger partial charge in [0.1, 0.15) is 5.78 Å². The van der Waals surface area contributed by atoms with Crippen molar-refractivity contribution in [2.45, 2.75) is 44.6 Å². The minimum Gasteiger partial charge on any atom is -0.395 e. The second-order valence-corrected chi connectivity index (χ2v) is 4.66. The van der Waals surface area contributed by atoms with Crippen LogP contribution >= 0.6 is 0 Å². The molecule has 2 fully saturated rings. The molecule has 2 aliphatic rings. The van der Waals surface area contributed by atoms with Crippen molar-refractivity contribution in [3.63, 3.8) is 0 Å². The molecule has 2 N–H and O–H groups in total. The van der Waals surface area contributed by atoms with E-state index in [0.29, 0.717) is 12.8 Å². The Bertz CT molecular complexity index is 237. The van der Waals surface area contributed by atoms with E-state index in [1.807, 2.05) is 0 Å². The molecule has 14 heavy (non-hydrogen) atoms. The average molecular weight is 198 g/mol. The van der Waals surface area contributed by atoms with Gasteiger partial charge in [-0.15, -0.1) is 0 Å². The Morgan fingerprint density at radius 3 is 2.64 bits per heavy atom. The van der Waals surface area contributed by atoms with Crippen LogP contribution in [0.5, 0.6) is 0 Å². The third-order valence-corrected chi connectivity index (χ3v) is 4.09. The van der Waals surface area contributed by atoms with Gasteiger partial charge in [0.05, 0.1) is 18.1 Å². The van der Waals surface area contributed by atoms with Gasteiger partial charge in [-0.2, -0.15) is 0 Å². The van der Waals surface area contributed by atoms with E-state index in [9.17, 15) is 15.0 Å². The van der Waals surface area contributed by atoms with Crippen LogP contribution in [0, 0.1) is 11.3 Å². The predicted octanol–water partition coefficient (Wildman–Crippen LogP) is 0.879. The monoisotopic (exact) mass is 198 g/mol. The molecule has 3 heteroatoms. The number of hydrogen-bond acceptors (Lipinski definition) is 3. The lowest BCUT2D eigenvalue weighted by molar-refractivity contribution is -0.157. The predicted molar refractivity (Wildman–Crippen MR) is 51.7 cm³/mol. The Morgan fingerprint density at radius 1 is 1.29 bits per heavy atom. The highest BCUT2D eigenvalue weighted by molar-refractivity contribution is 5.86. The molecule has 0 aromatic carbocycles. The topological polar surface area (TPSA) is 57.5 Å². The first-order chi connectivity index (χ1) is 6.71. The first-order valence-electron chi connectivity index (χ1n) is 5.54. The first kappa shape index (κ1) is 10.1. The molecule has 2 rings (SSSR count). The second kappa shape index (κ2) is 3.63. The maximum Gasteiger partial charge on any atom is 0.144 e. The SMILES string of the molecule is O=C1CCC[C@H]2CCC[C@@H](O)[C@@]12CO. The molecule has 2 aliphatic carbocycles. The molecule has 0 spiro atoms. The van der Waals surface area contributed by atoms with Crippen molar-refractivity contribution in [1.29, 1.82) is 0 Å². The molecule has 0 amide bonds. The zero-order valence-electron chi connectivity index (χ0n) is 8.41. The summed E-state index contributed by atoms with van der Waals surface area (Å²) >= 11 is 0. The Balaban J connectivity index is 2.31. The van der Waals surface area contributed by atoms with Crippen molar-refractivity contribution in [3.8, 4) is 0 Å². The Labute approximate surface area is 84.1 Å². The summed E-state index contributed by atoms with van der Waals surface area (Å²) in [5, 5.41) is 19.4. The number of aliphatic hydroxyl groups is 2. The van der Waals surface area contributed by atoms with Crippen molar-refractivity contribution in [2.24, 2.45) is 11.3 Å². The Kier molecular flexibility index (Phi) is 2.62. The van der Waals surface area contributed by atoms with Gasteiger partial charge >= 0.3 is 0 Å². The van der Waals surface area contributed by atoms with Gasteiger partial charge in [-0.25, -0.2) is 0 Å². The summed E-state index contributed by atoms with van der Waals surface area (Å²) in [4.78, 5) is 11.9. The van der Waals surface area contributed by atoms with Crippen LogP contribution in [0.4, 0.5) is 0 Å². The number of ketones is 1. The second-order valence-electron chi connectivity index (χ2n) is 4.66. The van der Waals surface area contributed by atoms with E-state index in [1.165, 1.54) is 0 Å². The van der Waals surface area contributed by atoms with Crippen LogP contribution in [0.25, 0.3) is 0 Å². The number of aliphatic hydroxyl groups excluding tert-OH is 2. The molecule has 3 nitrogen and oxygen atoms in total.